The van der Waals surface area contributed by atoms with Crippen molar-refractivity contribution in [3.05, 3.63) is 71.8 Å². The van der Waals surface area contributed by atoms with Crippen molar-refractivity contribution < 1.29 is 14.3 Å². The van der Waals surface area contributed by atoms with Crippen LogP contribution in [0.2, 0.25) is 0 Å². The molecule has 2 aliphatic rings. The van der Waals surface area contributed by atoms with Crippen LogP contribution in [0.3, 0.4) is 0 Å². The summed E-state index contributed by atoms with van der Waals surface area (Å²) < 4.78 is 5.50. The van der Waals surface area contributed by atoms with Crippen molar-refractivity contribution in [3.63, 3.8) is 0 Å². The molecule has 0 aromatic heterocycles. The Kier molecular flexibility index (Phi) is 6.77. The van der Waals surface area contributed by atoms with Crippen LogP contribution in [0, 0.1) is 0 Å². The number of hydrogen-bond donors (Lipinski definition) is 1. The lowest BCUT2D eigenvalue weighted by molar-refractivity contribution is -0.125. The number of carbonyl (C=O) groups is 2. The second-order valence-electron chi connectivity index (χ2n) is 7.84. The monoisotopic (exact) mass is 407 g/mol. The molecule has 0 radical (unpaired) electrons. The lowest BCUT2D eigenvalue weighted by Crippen LogP contribution is -2.49. The summed E-state index contributed by atoms with van der Waals surface area (Å²) in [5, 5.41) is 3.14. The third kappa shape index (κ3) is 4.71. The minimum Gasteiger partial charge on any atom is -0.379 e. The van der Waals surface area contributed by atoms with E-state index in [1.807, 2.05) is 36.4 Å². The van der Waals surface area contributed by atoms with Gasteiger partial charge in [0.15, 0.2) is 0 Å². The van der Waals surface area contributed by atoms with Crippen LogP contribution < -0.4 is 5.32 Å². The Bertz CT molecular complexity index is 837. The van der Waals surface area contributed by atoms with Crippen LogP contribution >= 0.6 is 0 Å². The van der Waals surface area contributed by atoms with E-state index >= 15 is 0 Å². The molecule has 2 heterocycles. The Hall–Kier alpha value is -2.70. The van der Waals surface area contributed by atoms with Gasteiger partial charge in [-0.25, -0.2) is 0 Å². The molecule has 2 aliphatic heterocycles. The van der Waals surface area contributed by atoms with Crippen LogP contribution in [0.5, 0.6) is 0 Å². The lowest BCUT2D eigenvalue weighted by atomic mass is 10.0. The lowest BCUT2D eigenvalue weighted by Gasteiger charge is -2.35. The molecule has 6 heteroatoms. The molecule has 30 heavy (non-hydrogen) atoms. The number of benzene rings is 2. The molecule has 2 fully saturated rings. The molecule has 158 valence electrons. The van der Waals surface area contributed by atoms with E-state index in [0.717, 1.165) is 19.5 Å². The van der Waals surface area contributed by atoms with Gasteiger partial charge >= 0.3 is 0 Å². The maximum atomic E-state index is 13.1. The van der Waals surface area contributed by atoms with Crippen LogP contribution in [-0.2, 0) is 9.53 Å². The largest absolute Gasteiger partial charge is 0.379 e. The third-order valence-corrected chi connectivity index (χ3v) is 5.98. The van der Waals surface area contributed by atoms with Gasteiger partial charge < -0.3 is 15.0 Å². The predicted octanol–water partition coefficient (Wildman–Crippen LogP) is 2.48. The topological polar surface area (TPSA) is 61.9 Å². The maximum absolute atomic E-state index is 13.1. The van der Waals surface area contributed by atoms with Crippen LogP contribution in [0.15, 0.2) is 60.7 Å². The summed E-state index contributed by atoms with van der Waals surface area (Å²) in [6.45, 7) is 4.25. The van der Waals surface area contributed by atoms with Gasteiger partial charge in [-0.1, -0.05) is 48.5 Å². The van der Waals surface area contributed by atoms with Gasteiger partial charge in [0.05, 0.1) is 19.3 Å². The molecule has 2 unspecified atom stereocenters. The average molecular weight is 408 g/mol. The van der Waals surface area contributed by atoms with Gasteiger partial charge in [0.25, 0.3) is 5.91 Å². The number of hydrogen-bond acceptors (Lipinski definition) is 4. The van der Waals surface area contributed by atoms with Gasteiger partial charge in [-0.3, -0.25) is 14.5 Å². The zero-order valence-electron chi connectivity index (χ0n) is 17.2. The Morgan fingerprint density at radius 2 is 1.63 bits per heavy atom. The number of nitrogens with zero attached hydrogens (tertiary/aromatic N) is 2. The summed E-state index contributed by atoms with van der Waals surface area (Å²) in [5.41, 5.74) is 1.82. The molecule has 0 spiro atoms. The summed E-state index contributed by atoms with van der Waals surface area (Å²) >= 11 is 0. The second-order valence-corrected chi connectivity index (χ2v) is 7.84. The zero-order chi connectivity index (χ0) is 20.8. The zero-order valence-corrected chi connectivity index (χ0v) is 17.2. The SMILES string of the molecule is O=C(NCC(c1ccccc1)N1CCOCC1)C1CCCN1C(=O)c1ccccc1. The van der Waals surface area contributed by atoms with Crippen molar-refractivity contribution in [2.24, 2.45) is 0 Å². The van der Waals surface area contributed by atoms with E-state index in [1.165, 1.54) is 5.56 Å². The van der Waals surface area contributed by atoms with E-state index in [4.69, 9.17) is 4.74 Å². The average Bonchev–Trinajstić information content (AvgIpc) is 3.31. The number of carbonyl (C=O) groups excluding carboxylic acids is 2. The van der Waals surface area contributed by atoms with Crippen molar-refractivity contribution in [2.75, 3.05) is 39.4 Å². The first-order chi connectivity index (χ1) is 14.7. The van der Waals surface area contributed by atoms with Gasteiger partial charge in [0, 0.05) is 31.7 Å². The standard InChI is InChI=1S/C24H29N3O3/c28-23(21-12-7-13-27(21)24(29)20-10-5-2-6-11-20)25-18-22(19-8-3-1-4-9-19)26-14-16-30-17-15-26/h1-6,8-11,21-22H,7,12-18H2,(H,25,28). The molecular formula is C24H29N3O3. The highest BCUT2D eigenvalue weighted by molar-refractivity contribution is 5.97. The van der Waals surface area contributed by atoms with Gasteiger partial charge in [-0.15, -0.1) is 0 Å². The molecule has 2 saturated heterocycles. The number of morpholine rings is 1. The quantitative estimate of drug-likeness (QED) is 0.799. The third-order valence-electron chi connectivity index (χ3n) is 5.98. The Morgan fingerprint density at radius 3 is 2.33 bits per heavy atom. The number of likely N-dealkylation sites (tertiary alicyclic amines) is 1. The summed E-state index contributed by atoms with van der Waals surface area (Å²) in [6.07, 6.45) is 1.56. The van der Waals surface area contributed by atoms with Crippen molar-refractivity contribution >= 4 is 11.8 Å². The van der Waals surface area contributed by atoms with Crippen LogP contribution in [0.25, 0.3) is 0 Å². The summed E-state index contributed by atoms with van der Waals surface area (Å²) in [6, 6.07) is 19.2. The van der Waals surface area contributed by atoms with Crippen LogP contribution in [0.1, 0.15) is 34.8 Å². The smallest absolute Gasteiger partial charge is 0.254 e. The highest BCUT2D eigenvalue weighted by Crippen LogP contribution is 2.23. The first-order valence-corrected chi connectivity index (χ1v) is 10.7. The molecule has 1 N–H and O–H groups in total. The molecule has 0 bridgehead atoms. The molecule has 2 aromatic rings. The van der Waals surface area contributed by atoms with Crippen LogP contribution in [-0.4, -0.2) is 67.0 Å². The normalized spacial score (nSPS) is 20.7. The van der Waals surface area contributed by atoms with E-state index in [-0.39, 0.29) is 17.9 Å². The van der Waals surface area contributed by atoms with Crippen LogP contribution in [0.4, 0.5) is 0 Å². The minimum atomic E-state index is -0.404. The van der Waals surface area contributed by atoms with Crippen molar-refractivity contribution in [1.82, 2.24) is 15.1 Å². The number of rotatable bonds is 6. The summed E-state index contributed by atoms with van der Waals surface area (Å²) in [5.74, 6) is -0.132. The van der Waals surface area contributed by atoms with Gasteiger partial charge in [-0.2, -0.15) is 0 Å². The number of ether oxygens (including phenoxy) is 1. The molecule has 0 saturated carbocycles. The predicted molar refractivity (Wildman–Crippen MR) is 115 cm³/mol. The van der Waals surface area contributed by atoms with E-state index in [0.29, 0.717) is 38.3 Å². The van der Waals surface area contributed by atoms with Crippen molar-refractivity contribution in [1.29, 1.82) is 0 Å². The summed E-state index contributed by atoms with van der Waals surface area (Å²) in [4.78, 5) is 30.0. The number of nitrogens with one attached hydrogen (secondary N) is 1. The van der Waals surface area contributed by atoms with Gasteiger partial charge in [-0.05, 0) is 30.5 Å². The summed E-state index contributed by atoms with van der Waals surface area (Å²) in [7, 11) is 0. The Balaban J connectivity index is 1.43. The fourth-order valence-electron chi connectivity index (χ4n) is 4.37. The highest BCUT2D eigenvalue weighted by atomic mass is 16.5. The molecule has 2 amide bonds. The van der Waals surface area contributed by atoms with Gasteiger partial charge in [0.1, 0.15) is 6.04 Å². The Morgan fingerprint density at radius 1 is 0.967 bits per heavy atom. The Labute approximate surface area is 177 Å². The van der Waals surface area contributed by atoms with E-state index in [1.54, 1.807) is 17.0 Å². The highest BCUT2D eigenvalue weighted by Gasteiger charge is 2.35. The first kappa shape index (κ1) is 20.6. The fourth-order valence-corrected chi connectivity index (χ4v) is 4.37. The fraction of sp³-hybridized carbons (Fsp3) is 0.417. The minimum absolute atomic E-state index is 0.0639. The molecule has 4 rings (SSSR count). The van der Waals surface area contributed by atoms with E-state index in [2.05, 4.69) is 22.3 Å². The molecule has 0 aliphatic carbocycles. The molecule has 2 atom stereocenters. The van der Waals surface area contributed by atoms with E-state index in [9.17, 15) is 9.59 Å². The van der Waals surface area contributed by atoms with Crippen molar-refractivity contribution in [3.8, 4) is 0 Å². The van der Waals surface area contributed by atoms with Gasteiger partial charge in [0.2, 0.25) is 5.91 Å². The number of amides is 2. The molecular weight excluding hydrogens is 378 g/mol. The second kappa shape index (κ2) is 9.87. The molecule has 6 nitrogen and oxygen atoms in total. The maximum Gasteiger partial charge on any atom is 0.254 e. The molecule has 2 aromatic carbocycles. The van der Waals surface area contributed by atoms with Crippen molar-refractivity contribution in [2.45, 2.75) is 24.9 Å². The van der Waals surface area contributed by atoms with E-state index < -0.39 is 6.04 Å². The first-order valence-electron chi connectivity index (χ1n) is 10.7.